The Balaban J connectivity index is 1.60. The third-order valence-corrected chi connectivity index (χ3v) is 6.09. The number of halogens is 3. The highest BCUT2D eigenvalue weighted by molar-refractivity contribution is 5.78. The molecule has 1 saturated heterocycles. The number of hydrogen-bond acceptors (Lipinski definition) is 10. The predicted molar refractivity (Wildman–Crippen MR) is 118 cm³/mol. The summed E-state index contributed by atoms with van der Waals surface area (Å²) in [5, 5.41) is 15.4. The van der Waals surface area contributed by atoms with Crippen LogP contribution in [-0.4, -0.2) is 62.0 Å². The molecule has 3 aromatic heterocycles. The van der Waals surface area contributed by atoms with Crippen LogP contribution in [0.4, 0.5) is 24.9 Å². The van der Waals surface area contributed by atoms with Crippen LogP contribution in [0.3, 0.4) is 0 Å². The lowest BCUT2D eigenvalue weighted by Crippen LogP contribution is -2.46. The molecule has 0 spiro atoms. The van der Waals surface area contributed by atoms with E-state index in [0.717, 1.165) is 0 Å². The summed E-state index contributed by atoms with van der Waals surface area (Å²) in [6.07, 6.45) is -2.29. The maximum atomic E-state index is 12.8. The van der Waals surface area contributed by atoms with Crippen LogP contribution in [0.5, 0.6) is 0 Å². The third-order valence-electron chi connectivity index (χ3n) is 6.09. The Labute approximate surface area is 198 Å². The molecule has 3 aromatic rings. The monoisotopic (exact) mass is 494 g/mol. The third kappa shape index (κ3) is 4.50. The number of nitrogens with one attached hydrogen (secondary N) is 2. The van der Waals surface area contributed by atoms with Gasteiger partial charge in [0.05, 0.1) is 5.69 Å². The molecule has 1 saturated carbocycles. The zero-order chi connectivity index (χ0) is 25.0. The first-order chi connectivity index (χ1) is 16.5. The molecule has 35 heavy (non-hydrogen) atoms. The Morgan fingerprint density at radius 2 is 2.03 bits per heavy atom. The summed E-state index contributed by atoms with van der Waals surface area (Å²) >= 11 is 0. The SMILES string of the molecule is Cc1nc(NCC(F)(F)F)nc(N[C@@]23CC[C@H](CO)[C@H]2OC(C)(C)O3)c1-c1nc2ncccc2o1. The molecule has 0 bridgehead atoms. The van der Waals surface area contributed by atoms with Gasteiger partial charge in [-0.1, -0.05) is 0 Å². The lowest BCUT2D eigenvalue weighted by molar-refractivity contribution is -0.168. The molecule has 0 aromatic carbocycles. The topological polar surface area (TPSA) is 127 Å². The van der Waals surface area contributed by atoms with Gasteiger partial charge < -0.3 is 29.6 Å². The number of aliphatic hydroxyl groups is 1. The summed E-state index contributed by atoms with van der Waals surface area (Å²) < 4.78 is 56.8. The van der Waals surface area contributed by atoms with Gasteiger partial charge in [-0.3, -0.25) is 0 Å². The summed E-state index contributed by atoms with van der Waals surface area (Å²) in [6.45, 7) is 3.75. The Kier molecular flexibility index (Phi) is 5.61. The summed E-state index contributed by atoms with van der Waals surface area (Å²) in [7, 11) is 0. The Morgan fingerprint density at radius 3 is 2.74 bits per heavy atom. The molecular weight excluding hydrogens is 469 g/mol. The van der Waals surface area contributed by atoms with Crippen LogP contribution in [-0.2, 0) is 9.47 Å². The van der Waals surface area contributed by atoms with Crippen molar-refractivity contribution in [2.75, 3.05) is 23.8 Å². The van der Waals surface area contributed by atoms with E-state index in [1.165, 1.54) is 0 Å². The van der Waals surface area contributed by atoms with Crippen molar-refractivity contribution in [2.24, 2.45) is 5.92 Å². The Bertz CT molecular complexity index is 1220. The summed E-state index contributed by atoms with van der Waals surface area (Å²) in [6, 6.07) is 3.40. The van der Waals surface area contributed by atoms with Crippen molar-refractivity contribution in [1.82, 2.24) is 19.9 Å². The maximum Gasteiger partial charge on any atom is 0.405 e. The van der Waals surface area contributed by atoms with Gasteiger partial charge in [0.25, 0.3) is 0 Å². The first kappa shape index (κ1) is 23.7. The van der Waals surface area contributed by atoms with Gasteiger partial charge in [0.2, 0.25) is 11.8 Å². The first-order valence-corrected chi connectivity index (χ1v) is 11.2. The molecule has 0 unspecified atom stereocenters. The van der Waals surface area contributed by atoms with E-state index in [4.69, 9.17) is 13.9 Å². The summed E-state index contributed by atoms with van der Waals surface area (Å²) in [5.41, 5.74) is 0.422. The van der Waals surface area contributed by atoms with E-state index in [-0.39, 0.29) is 30.2 Å². The minimum Gasteiger partial charge on any atom is -0.434 e. The van der Waals surface area contributed by atoms with Gasteiger partial charge >= 0.3 is 6.18 Å². The van der Waals surface area contributed by atoms with Crippen LogP contribution in [0.15, 0.2) is 22.7 Å². The second-order valence-electron chi connectivity index (χ2n) is 9.21. The largest absolute Gasteiger partial charge is 0.434 e. The Hall–Kier alpha value is -3.03. The van der Waals surface area contributed by atoms with Crippen LogP contribution < -0.4 is 10.6 Å². The number of ether oxygens (including phenoxy) is 2. The van der Waals surface area contributed by atoms with Crippen molar-refractivity contribution in [2.45, 2.75) is 57.4 Å². The molecule has 2 fully saturated rings. The molecule has 188 valence electrons. The molecule has 0 radical (unpaired) electrons. The van der Waals surface area contributed by atoms with Crippen molar-refractivity contribution in [1.29, 1.82) is 0 Å². The molecule has 4 heterocycles. The van der Waals surface area contributed by atoms with E-state index in [1.807, 2.05) is 0 Å². The minimum absolute atomic E-state index is 0.0988. The number of fused-ring (bicyclic) bond motifs is 2. The van der Waals surface area contributed by atoms with Gasteiger partial charge in [-0.15, -0.1) is 0 Å². The normalized spacial score (nSPS) is 25.7. The van der Waals surface area contributed by atoms with E-state index in [1.54, 1.807) is 39.1 Å². The summed E-state index contributed by atoms with van der Waals surface area (Å²) in [4.78, 5) is 17.2. The number of alkyl halides is 3. The predicted octanol–water partition coefficient (Wildman–Crippen LogP) is 3.62. The molecule has 1 aliphatic carbocycles. The number of anilines is 2. The highest BCUT2D eigenvalue weighted by atomic mass is 19.4. The van der Waals surface area contributed by atoms with Crippen LogP contribution >= 0.6 is 0 Å². The second-order valence-corrected chi connectivity index (χ2v) is 9.21. The quantitative estimate of drug-likeness (QED) is 0.467. The molecule has 1 aliphatic heterocycles. The average molecular weight is 494 g/mol. The molecule has 5 rings (SSSR count). The molecule has 3 atom stereocenters. The lowest BCUT2D eigenvalue weighted by atomic mass is 10.0. The lowest BCUT2D eigenvalue weighted by Gasteiger charge is -2.31. The fraction of sp³-hybridized carbons (Fsp3) is 0.545. The van der Waals surface area contributed by atoms with Crippen molar-refractivity contribution < 1.29 is 32.2 Å². The van der Waals surface area contributed by atoms with Crippen LogP contribution in [0, 0.1) is 12.8 Å². The molecule has 0 amide bonds. The second kappa shape index (κ2) is 8.28. The van der Waals surface area contributed by atoms with Crippen LogP contribution in [0.2, 0.25) is 0 Å². The number of rotatable bonds is 6. The zero-order valence-electron chi connectivity index (χ0n) is 19.3. The Morgan fingerprint density at radius 1 is 1.23 bits per heavy atom. The van der Waals surface area contributed by atoms with Crippen molar-refractivity contribution in [3.05, 3.63) is 24.0 Å². The molecular formula is C22H25F3N6O4. The number of nitrogens with zero attached hydrogens (tertiary/aromatic N) is 4. The van der Waals surface area contributed by atoms with E-state index < -0.39 is 30.3 Å². The number of oxazole rings is 1. The van der Waals surface area contributed by atoms with Gasteiger partial charge in [-0.25, -0.2) is 9.97 Å². The number of aryl methyl sites for hydroxylation is 1. The summed E-state index contributed by atoms with van der Waals surface area (Å²) in [5.74, 6) is -1.04. The maximum absolute atomic E-state index is 12.8. The smallest absolute Gasteiger partial charge is 0.405 e. The van der Waals surface area contributed by atoms with E-state index in [2.05, 4.69) is 30.6 Å². The molecule has 13 heteroatoms. The van der Waals surface area contributed by atoms with Crippen molar-refractivity contribution in [3.63, 3.8) is 0 Å². The first-order valence-electron chi connectivity index (χ1n) is 11.2. The zero-order valence-corrected chi connectivity index (χ0v) is 19.3. The van der Waals surface area contributed by atoms with Gasteiger partial charge in [0, 0.05) is 18.7 Å². The number of aliphatic hydroxyl groups excluding tert-OH is 1. The molecule has 2 aliphatic rings. The fourth-order valence-corrected chi connectivity index (χ4v) is 4.74. The van der Waals surface area contributed by atoms with Gasteiger partial charge in [0.15, 0.2) is 22.7 Å². The van der Waals surface area contributed by atoms with Crippen LogP contribution in [0.1, 0.15) is 32.4 Å². The average Bonchev–Trinajstić information content (AvgIpc) is 3.39. The highest BCUT2D eigenvalue weighted by Crippen LogP contribution is 2.50. The van der Waals surface area contributed by atoms with Crippen LogP contribution in [0.25, 0.3) is 22.7 Å². The molecule has 10 nitrogen and oxygen atoms in total. The van der Waals surface area contributed by atoms with Gasteiger partial charge in [-0.05, 0) is 45.7 Å². The minimum atomic E-state index is -4.45. The standard InChI is InChI=1S/C22H25F3N6O4/c1-11-14(18-29-16-13(33-18)5-4-8-26-16)17(30-19(28-11)27-10-22(23,24)25)31-21-7-6-12(9-32)15(21)34-20(2,3)35-21/h4-5,8,12,15,32H,6-7,9-10H2,1-3H3,(H2,27,28,30,31)/t12-,15-,21-/m1/s1. The number of hydrogen-bond donors (Lipinski definition) is 3. The number of pyridine rings is 1. The van der Waals surface area contributed by atoms with Gasteiger partial charge in [0.1, 0.15) is 24.0 Å². The highest BCUT2D eigenvalue weighted by Gasteiger charge is 2.60. The van der Waals surface area contributed by atoms with E-state index in [0.29, 0.717) is 35.3 Å². The van der Waals surface area contributed by atoms with E-state index >= 15 is 0 Å². The van der Waals surface area contributed by atoms with E-state index in [9.17, 15) is 18.3 Å². The molecule has 3 N–H and O–H groups in total. The van der Waals surface area contributed by atoms with Gasteiger partial charge in [-0.2, -0.15) is 23.1 Å². The fourth-order valence-electron chi connectivity index (χ4n) is 4.74. The van der Waals surface area contributed by atoms with Crippen molar-refractivity contribution in [3.8, 4) is 11.5 Å². The number of aromatic nitrogens is 4. The van der Waals surface area contributed by atoms with Crippen molar-refractivity contribution >= 4 is 23.0 Å².